The highest BCUT2D eigenvalue weighted by atomic mass is 14.2. The molecule has 0 aliphatic carbocycles. The molecule has 13 heavy (non-hydrogen) atoms. The van der Waals surface area contributed by atoms with Gasteiger partial charge in [0.05, 0.1) is 12.1 Å². The van der Waals surface area contributed by atoms with Crippen molar-refractivity contribution in [3.8, 4) is 12.1 Å². The number of hydrogen-bond donors (Lipinski definition) is 0. The van der Waals surface area contributed by atoms with Crippen LogP contribution >= 0.6 is 0 Å². The number of hydrogen-bond acceptors (Lipinski definition) is 2. The van der Waals surface area contributed by atoms with E-state index in [1.807, 2.05) is 0 Å². The first kappa shape index (κ1) is 11.7. The molecule has 0 aromatic rings. The van der Waals surface area contributed by atoms with E-state index in [2.05, 4.69) is 25.1 Å². The average molecular weight is 176 g/mol. The lowest BCUT2D eigenvalue weighted by Crippen LogP contribution is -1.79. The zero-order valence-corrected chi connectivity index (χ0v) is 8.21. The van der Waals surface area contributed by atoms with Gasteiger partial charge in [0, 0.05) is 12.8 Å². The van der Waals surface area contributed by atoms with Crippen molar-refractivity contribution in [2.75, 3.05) is 0 Å². The van der Waals surface area contributed by atoms with E-state index in [0.29, 0.717) is 12.8 Å². The van der Waals surface area contributed by atoms with Crippen LogP contribution in [-0.4, -0.2) is 0 Å². The van der Waals surface area contributed by atoms with Crippen LogP contribution in [0.1, 0.15) is 45.4 Å². The van der Waals surface area contributed by atoms with Crippen LogP contribution in [0, 0.1) is 22.7 Å². The van der Waals surface area contributed by atoms with Crippen molar-refractivity contribution in [2.45, 2.75) is 45.4 Å². The summed E-state index contributed by atoms with van der Waals surface area (Å²) in [6.45, 7) is 2.09. The third-order valence-electron chi connectivity index (χ3n) is 1.86. The highest BCUT2D eigenvalue weighted by Crippen LogP contribution is 2.09. The van der Waals surface area contributed by atoms with Gasteiger partial charge in [0.1, 0.15) is 0 Å². The maximum atomic E-state index is 8.31. The minimum absolute atomic E-state index is 0.607. The van der Waals surface area contributed by atoms with Gasteiger partial charge >= 0.3 is 0 Å². The van der Waals surface area contributed by atoms with Gasteiger partial charge < -0.3 is 0 Å². The standard InChI is InChI=1S/C11H16N2/c1-11(8-4-6-10-13)7-3-2-5-9-12/h8H,2-7H2,1H3/b11-8+. The minimum atomic E-state index is 0.607. The van der Waals surface area contributed by atoms with Crippen LogP contribution in [-0.2, 0) is 0 Å². The monoisotopic (exact) mass is 176 g/mol. The van der Waals surface area contributed by atoms with Gasteiger partial charge in [0.2, 0.25) is 0 Å². The molecule has 0 spiro atoms. The second-order valence-electron chi connectivity index (χ2n) is 3.11. The van der Waals surface area contributed by atoms with Crippen LogP contribution in [0.5, 0.6) is 0 Å². The molecule has 0 fully saturated rings. The molecule has 0 aliphatic heterocycles. The normalized spacial score (nSPS) is 10.5. The average Bonchev–Trinajstić information content (AvgIpc) is 2.13. The van der Waals surface area contributed by atoms with E-state index in [4.69, 9.17) is 10.5 Å². The summed E-state index contributed by atoms with van der Waals surface area (Å²) in [6.07, 6.45) is 7.38. The van der Waals surface area contributed by atoms with Crippen LogP contribution in [0.2, 0.25) is 0 Å². The van der Waals surface area contributed by atoms with Gasteiger partial charge in [-0.2, -0.15) is 10.5 Å². The molecule has 0 amide bonds. The van der Waals surface area contributed by atoms with Gasteiger partial charge in [0.25, 0.3) is 0 Å². The number of nitrogens with zero attached hydrogens (tertiary/aromatic N) is 2. The zero-order valence-electron chi connectivity index (χ0n) is 8.21. The van der Waals surface area contributed by atoms with Crippen LogP contribution in [0.15, 0.2) is 11.6 Å². The molecule has 0 aliphatic rings. The fourth-order valence-corrected chi connectivity index (χ4v) is 1.09. The van der Waals surface area contributed by atoms with Gasteiger partial charge in [-0.25, -0.2) is 0 Å². The Bertz CT molecular complexity index is 227. The Morgan fingerprint density at radius 1 is 1.15 bits per heavy atom. The lowest BCUT2D eigenvalue weighted by atomic mass is 10.1. The van der Waals surface area contributed by atoms with Crippen LogP contribution in [0.25, 0.3) is 0 Å². The smallest absolute Gasteiger partial charge is 0.0625 e. The predicted octanol–water partition coefficient (Wildman–Crippen LogP) is 3.32. The Morgan fingerprint density at radius 3 is 2.46 bits per heavy atom. The van der Waals surface area contributed by atoms with Crippen LogP contribution in [0.4, 0.5) is 0 Å². The fourth-order valence-electron chi connectivity index (χ4n) is 1.09. The molecule has 0 aromatic heterocycles. The van der Waals surface area contributed by atoms with Gasteiger partial charge in [-0.1, -0.05) is 11.6 Å². The lowest BCUT2D eigenvalue weighted by Gasteiger charge is -1.98. The first-order valence-electron chi connectivity index (χ1n) is 4.70. The van der Waals surface area contributed by atoms with Crippen LogP contribution in [0.3, 0.4) is 0 Å². The molecule has 0 heterocycles. The maximum Gasteiger partial charge on any atom is 0.0625 e. The number of rotatable bonds is 6. The Hall–Kier alpha value is -1.28. The largest absolute Gasteiger partial charge is 0.198 e. The summed E-state index contributed by atoms with van der Waals surface area (Å²) in [5.41, 5.74) is 1.34. The van der Waals surface area contributed by atoms with Gasteiger partial charge in [-0.3, -0.25) is 0 Å². The van der Waals surface area contributed by atoms with E-state index < -0.39 is 0 Å². The van der Waals surface area contributed by atoms with Crippen molar-refractivity contribution in [2.24, 2.45) is 0 Å². The summed E-state index contributed by atoms with van der Waals surface area (Å²) in [5, 5.41) is 16.6. The van der Waals surface area contributed by atoms with Crippen molar-refractivity contribution in [3.63, 3.8) is 0 Å². The van der Waals surface area contributed by atoms with E-state index in [-0.39, 0.29) is 0 Å². The van der Waals surface area contributed by atoms with Crippen molar-refractivity contribution in [1.82, 2.24) is 0 Å². The van der Waals surface area contributed by atoms with Gasteiger partial charge in [-0.15, -0.1) is 0 Å². The Morgan fingerprint density at radius 2 is 1.85 bits per heavy atom. The number of unbranched alkanes of at least 4 members (excludes halogenated alkanes) is 3. The summed E-state index contributed by atoms with van der Waals surface area (Å²) < 4.78 is 0. The van der Waals surface area contributed by atoms with E-state index in [1.54, 1.807) is 0 Å². The summed E-state index contributed by atoms with van der Waals surface area (Å²) in [6, 6.07) is 4.24. The molecule has 0 atom stereocenters. The third-order valence-corrected chi connectivity index (χ3v) is 1.86. The Balaban J connectivity index is 3.40. The van der Waals surface area contributed by atoms with Crippen molar-refractivity contribution >= 4 is 0 Å². The third kappa shape index (κ3) is 8.63. The molecule has 2 nitrogen and oxygen atoms in total. The summed E-state index contributed by atoms with van der Waals surface area (Å²) in [7, 11) is 0. The highest BCUT2D eigenvalue weighted by Gasteiger charge is 1.90. The number of nitriles is 2. The molecule has 0 saturated carbocycles. The topological polar surface area (TPSA) is 47.6 Å². The second-order valence-corrected chi connectivity index (χ2v) is 3.11. The molecule has 0 bridgehead atoms. The molecule has 0 radical (unpaired) electrons. The molecule has 0 saturated heterocycles. The molecule has 0 aromatic carbocycles. The fraction of sp³-hybridized carbons (Fsp3) is 0.636. The van der Waals surface area contributed by atoms with Crippen molar-refractivity contribution in [3.05, 3.63) is 11.6 Å². The van der Waals surface area contributed by atoms with Gasteiger partial charge in [-0.05, 0) is 32.6 Å². The van der Waals surface area contributed by atoms with E-state index in [9.17, 15) is 0 Å². The van der Waals surface area contributed by atoms with Crippen molar-refractivity contribution in [1.29, 1.82) is 10.5 Å². The molecule has 2 heteroatoms. The lowest BCUT2D eigenvalue weighted by molar-refractivity contribution is 0.744. The summed E-state index contributed by atoms with van der Waals surface area (Å²) in [5.74, 6) is 0. The van der Waals surface area contributed by atoms with E-state index in [1.165, 1.54) is 5.57 Å². The first-order chi connectivity index (χ1) is 6.31. The van der Waals surface area contributed by atoms with Gasteiger partial charge in [0.15, 0.2) is 0 Å². The number of allylic oxidation sites excluding steroid dienone is 2. The van der Waals surface area contributed by atoms with E-state index >= 15 is 0 Å². The molecular formula is C11H16N2. The summed E-state index contributed by atoms with van der Waals surface area (Å²) in [4.78, 5) is 0. The Kier molecular flexibility index (Phi) is 7.95. The zero-order chi connectivity index (χ0) is 9.94. The molecule has 70 valence electrons. The molecule has 0 unspecified atom stereocenters. The minimum Gasteiger partial charge on any atom is -0.198 e. The SMILES string of the molecule is C/C(=C\CCC#N)CCCCC#N. The predicted molar refractivity (Wildman–Crippen MR) is 52.7 cm³/mol. The highest BCUT2D eigenvalue weighted by molar-refractivity contribution is 4.98. The summed E-state index contributed by atoms with van der Waals surface area (Å²) >= 11 is 0. The Labute approximate surface area is 80.5 Å². The molecule has 0 N–H and O–H groups in total. The molecule has 0 rings (SSSR count). The maximum absolute atomic E-state index is 8.31. The molecular weight excluding hydrogens is 160 g/mol. The first-order valence-corrected chi connectivity index (χ1v) is 4.70. The quantitative estimate of drug-likeness (QED) is 0.460. The van der Waals surface area contributed by atoms with E-state index in [0.717, 1.165) is 25.7 Å². The van der Waals surface area contributed by atoms with Crippen LogP contribution < -0.4 is 0 Å². The second kappa shape index (κ2) is 8.81. The van der Waals surface area contributed by atoms with Crippen molar-refractivity contribution < 1.29 is 0 Å².